The predicted octanol–water partition coefficient (Wildman–Crippen LogP) is 4.56. The number of hydrogen-bond donors (Lipinski definition) is 1. The van der Waals surface area contributed by atoms with E-state index >= 15 is 0 Å². The van der Waals surface area contributed by atoms with Crippen molar-refractivity contribution < 1.29 is 9.59 Å². The highest BCUT2D eigenvalue weighted by molar-refractivity contribution is 5.87. The number of hydrogen-bond acceptors (Lipinski definition) is 2. The van der Waals surface area contributed by atoms with Crippen LogP contribution in [-0.2, 0) is 28.9 Å². The Hall–Kier alpha value is -2.62. The smallest absolute Gasteiger partial charge is 0.242 e. The summed E-state index contributed by atoms with van der Waals surface area (Å²) in [5.74, 6) is -0.0988. The van der Waals surface area contributed by atoms with E-state index < -0.39 is 6.04 Å². The average Bonchev–Trinajstić information content (AvgIpc) is 2.72. The molecular weight excluding hydrogens is 372 g/mol. The van der Waals surface area contributed by atoms with Crippen molar-refractivity contribution in [3.63, 3.8) is 0 Å². The molecule has 2 aromatic carbocycles. The summed E-state index contributed by atoms with van der Waals surface area (Å²) in [7, 11) is 0. The molecule has 2 amide bonds. The van der Waals surface area contributed by atoms with Gasteiger partial charge in [0, 0.05) is 18.5 Å². The van der Waals surface area contributed by atoms with Crippen molar-refractivity contribution in [3.8, 4) is 0 Å². The Kier molecular flexibility index (Phi) is 8.64. The van der Waals surface area contributed by atoms with Gasteiger partial charge in [0.25, 0.3) is 0 Å². The van der Waals surface area contributed by atoms with Crippen molar-refractivity contribution in [2.24, 2.45) is 0 Å². The topological polar surface area (TPSA) is 49.4 Å². The first-order valence-electron chi connectivity index (χ1n) is 10.9. The fraction of sp³-hybridized carbons (Fsp3) is 0.462. The first-order chi connectivity index (χ1) is 14.2. The van der Waals surface area contributed by atoms with E-state index in [4.69, 9.17) is 0 Å². The molecule has 162 valence electrons. The Morgan fingerprint density at radius 2 is 1.47 bits per heavy atom. The maximum atomic E-state index is 13.1. The summed E-state index contributed by atoms with van der Waals surface area (Å²) in [5, 5.41) is 3.01. The summed E-state index contributed by atoms with van der Waals surface area (Å²) in [6.45, 7) is 10.3. The number of nitrogens with one attached hydrogen (secondary N) is 1. The predicted molar refractivity (Wildman–Crippen MR) is 123 cm³/mol. The minimum Gasteiger partial charge on any atom is -0.350 e. The van der Waals surface area contributed by atoms with Crippen LogP contribution in [0, 0.1) is 0 Å². The molecule has 1 N–H and O–H groups in total. The zero-order valence-electron chi connectivity index (χ0n) is 19.1. The van der Waals surface area contributed by atoms with Crippen LogP contribution in [0.3, 0.4) is 0 Å². The van der Waals surface area contributed by atoms with Gasteiger partial charge in [0.2, 0.25) is 11.8 Å². The Balaban J connectivity index is 2.07. The van der Waals surface area contributed by atoms with E-state index in [0.29, 0.717) is 19.4 Å². The molecule has 2 rings (SSSR count). The summed E-state index contributed by atoms with van der Waals surface area (Å²) in [4.78, 5) is 27.6. The highest BCUT2D eigenvalue weighted by Gasteiger charge is 2.27. The van der Waals surface area contributed by atoms with Gasteiger partial charge in [0.05, 0.1) is 0 Å². The van der Waals surface area contributed by atoms with Gasteiger partial charge in [-0.25, -0.2) is 0 Å². The van der Waals surface area contributed by atoms with Gasteiger partial charge in [-0.15, -0.1) is 0 Å². The standard InChI is InChI=1S/C26H36N2O2/c1-6-21-12-14-23(15-13-21)16-17-24(29)28(19-18-22-10-8-7-9-11-22)20(2)25(30)27-26(3,4)5/h7-15,20H,6,16-19H2,1-5H3,(H,27,30)/t20-/m0/s1. The van der Waals surface area contributed by atoms with Gasteiger partial charge < -0.3 is 10.2 Å². The molecule has 4 heteroatoms. The fourth-order valence-corrected chi connectivity index (χ4v) is 3.38. The lowest BCUT2D eigenvalue weighted by Crippen LogP contribution is -2.53. The van der Waals surface area contributed by atoms with E-state index in [2.05, 4.69) is 48.6 Å². The largest absolute Gasteiger partial charge is 0.350 e. The van der Waals surface area contributed by atoms with Crippen molar-refractivity contribution in [3.05, 3.63) is 71.3 Å². The van der Waals surface area contributed by atoms with Crippen molar-refractivity contribution in [2.75, 3.05) is 6.54 Å². The number of carbonyl (C=O) groups excluding carboxylic acids is 2. The van der Waals surface area contributed by atoms with Crippen LogP contribution in [0.4, 0.5) is 0 Å². The van der Waals surface area contributed by atoms with Gasteiger partial charge in [-0.05, 0) is 63.6 Å². The zero-order chi connectivity index (χ0) is 22.1. The van der Waals surface area contributed by atoms with Crippen LogP contribution in [-0.4, -0.2) is 34.8 Å². The Morgan fingerprint density at radius 3 is 2.03 bits per heavy atom. The van der Waals surface area contributed by atoms with Gasteiger partial charge in [0.15, 0.2) is 0 Å². The molecule has 0 heterocycles. The maximum Gasteiger partial charge on any atom is 0.242 e. The first-order valence-corrected chi connectivity index (χ1v) is 10.9. The minimum atomic E-state index is -0.511. The molecule has 1 atom stereocenters. The van der Waals surface area contributed by atoms with Crippen LogP contribution >= 0.6 is 0 Å². The number of amides is 2. The van der Waals surface area contributed by atoms with Crippen molar-refractivity contribution in [1.82, 2.24) is 10.2 Å². The quantitative estimate of drug-likeness (QED) is 0.661. The van der Waals surface area contributed by atoms with Gasteiger partial charge in [0.1, 0.15) is 6.04 Å². The molecule has 0 unspecified atom stereocenters. The van der Waals surface area contributed by atoms with E-state index in [-0.39, 0.29) is 17.4 Å². The third kappa shape index (κ3) is 7.66. The van der Waals surface area contributed by atoms with Crippen LogP contribution in [0.15, 0.2) is 54.6 Å². The van der Waals surface area contributed by atoms with Crippen LogP contribution in [0.5, 0.6) is 0 Å². The maximum absolute atomic E-state index is 13.1. The third-order valence-corrected chi connectivity index (χ3v) is 5.21. The number of aryl methyl sites for hydroxylation is 2. The average molecular weight is 409 g/mol. The molecule has 0 saturated carbocycles. The summed E-state index contributed by atoms with van der Waals surface area (Å²) in [5.41, 5.74) is 3.27. The third-order valence-electron chi connectivity index (χ3n) is 5.21. The molecular formula is C26H36N2O2. The lowest BCUT2D eigenvalue weighted by Gasteiger charge is -2.31. The van der Waals surface area contributed by atoms with Gasteiger partial charge >= 0.3 is 0 Å². The van der Waals surface area contributed by atoms with E-state index in [1.54, 1.807) is 4.90 Å². The monoisotopic (exact) mass is 408 g/mol. The zero-order valence-corrected chi connectivity index (χ0v) is 19.1. The Morgan fingerprint density at radius 1 is 0.900 bits per heavy atom. The van der Waals surface area contributed by atoms with Crippen molar-refractivity contribution >= 4 is 11.8 Å². The van der Waals surface area contributed by atoms with Crippen LogP contribution < -0.4 is 5.32 Å². The SMILES string of the molecule is CCc1ccc(CCC(=O)N(CCc2ccccc2)[C@@H](C)C(=O)NC(C)(C)C)cc1. The lowest BCUT2D eigenvalue weighted by atomic mass is 10.0. The van der Waals surface area contributed by atoms with Gasteiger partial charge in [-0.2, -0.15) is 0 Å². The van der Waals surface area contributed by atoms with E-state index in [0.717, 1.165) is 24.0 Å². The number of rotatable bonds is 9. The van der Waals surface area contributed by atoms with E-state index in [1.165, 1.54) is 5.56 Å². The number of nitrogens with zero attached hydrogens (tertiary/aromatic N) is 1. The lowest BCUT2D eigenvalue weighted by molar-refractivity contribution is -0.140. The molecule has 0 saturated heterocycles. The Bertz CT molecular complexity index is 807. The first kappa shape index (κ1) is 23.7. The summed E-state index contributed by atoms with van der Waals surface area (Å²) in [6, 6.07) is 18.0. The molecule has 0 fully saturated rings. The van der Waals surface area contributed by atoms with Gasteiger partial charge in [-0.3, -0.25) is 9.59 Å². The summed E-state index contributed by atoms with van der Waals surface area (Å²) >= 11 is 0. The second-order valence-corrected chi connectivity index (χ2v) is 8.91. The minimum absolute atomic E-state index is 0.0158. The fourth-order valence-electron chi connectivity index (χ4n) is 3.38. The molecule has 0 bridgehead atoms. The summed E-state index contributed by atoms with van der Waals surface area (Å²) < 4.78 is 0. The van der Waals surface area contributed by atoms with Gasteiger partial charge in [-0.1, -0.05) is 61.5 Å². The number of carbonyl (C=O) groups is 2. The highest BCUT2D eigenvalue weighted by atomic mass is 16.2. The Labute approximate surface area is 181 Å². The van der Waals surface area contributed by atoms with E-state index in [9.17, 15) is 9.59 Å². The second-order valence-electron chi connectivity index (χ2n) is 8.91. The molecule has 0 aliphatic rings. The second kappa shape index (κ2) is 11.0. The normalized spacial score (nSPS) is 12.3. The molecule has 0 aliphatic heterocycles. The van der Waals surface area contributed by atoms with E-state index in [1.807, 2.05) is 45.9 Å². The molecule has 0 aromatic heterocycles. The molecule has 30 heavy (non-hydrogen) atoms. The van der Waals surface area contributed by atoms with Crippen LogP contribution in [0.1, 0.15) is 57.7 Å². The molecule has 0 aliphatic carbocycles. The molecule has 2 aromatic rings. The van der Waals surface area contributed by atoms with Crippen molar-refractivity contribution in [1.29, 1.82) is 0 Å². The summed E-state index contributed by atoms with van der Waals surface area (Å²) in [6.07, 6.45) is 2.81. The highest BCUT2D eigenvalue weighted by Crippen LogP contribution is 2.12. The molecule has 0 spiro atoms. The molecule has 4 nitrogen and oxygen atoms in total. The van der Waals surface area contributed by atoms with Crippen molar-refractivity contribution in [2.45, 2.75) is 71.9 Å². The van der Waals surface area contributed by atoms with Crippen LogP contribution in [0.25, 0.3) is 0 Å². The number of benzene rings is 2. The van der Waals surface area contributed by atoms with Crippen LogP contribution in [0.2, 0.25) is 0 Å². The molecule has 0 radical (unpaired) electrons.